The number of hydrogen-bond donors (Lipinski definition) is 1. The number of halogens is 3. The number of amides is 1. The molecular formula is C31H29Br2ClN4O4. The van der Waals surface area contributed by atoms with Gasteiger partial charge in [-0.2, -0.15) is 9.78 Å². The number of ether oxygens (including phenoxy) is 2. The Balaban J connectivity index is 1.45. The quantitative estimate of drug-likeness (QED) is 0.188. The van der Waals surface area contributed by atoms with Crippen LogP contribution in [0.3, 0.4) is 0 Å². The SMILES string of the molecule is COc1cc(C=Nn2c(C3CCCCC3)nc3ccc(Br)cc3c2=O)c(Br)c(Cl)c1OCC(=O)Nc1ccc(C)cc1. The summed E-state index contributed by atoms with van der Waals surface area (Å²) >= 11 is 13.7. The first-order chi connectivity index (χ1) is 20.2. The average Bonchev–Trinajstić information content (AvgIpc) is 2.99. The van der Waals surface area contributed by atoms with Gasteiger partial charge in [0.1, 0.15) is 10.8 Å². The molecule has 4 aromatic rings. The second-order valence-corrected chi connectivity index (χ2v) is 12.2. The number of rotatable bonds is 8. The molecule has 218 valence electrons. The number of aryl methyl sites for hydroxylation is 1. The number of carbonyl (C=O) groups excluding carboxylic acids is 1. The first kappa shape index (κ1) is 30.3. The molecule has 0 saturated heterocycles. The van der Waals surface area contributed by atoms with Crippen LogP contribution in [0.25, 0.3) is 10.9 Å². The summed E-state index contributed by atoms with van der Waals surface area (Å²) in [6, 6.07) is 14.6. The van der Waals surface area contributed by atoms with Gasteiger partial charge in [0.05, 0.1) is 24.2 Å². The molecule has 1 aromatic heterocycles. The fraction of sp³-hybridized carbons (Fsp3) is 0.290. The predicted molar refractivity (Wildman–Crippen MR) is 174 cm³/mol. The summed E-state index contributed by atoms with van der Waals surface area (Å²) in [5.41, 5.74) is 2.72. The minimum atomic E-state index is -0.344. The molecule has 0 spiro atoms. The van der Waals surface area contributed by atoms with Gasteiger partial charge in [-0.25, -0.2) is 4.98 Å². The Hall–Kier alpha value is -3.21. The number of hydrogen-bond acceptors (Lipinski definition) is 6. The maximum absolute atomic E-state index is 13.7. The van der Waals surface area contributed by atoms with Crippen molar-refractivity contribution in [1.82, 2.24) is 9.66 Å². The highest BCUT2D eigenvalue weighted by Crippen LogP contribution is 2.42. The second-order valence-electron chi connectivity index (χ2n) is 10.2. The van der Waals surface area contributed by atoms with Gasteiger partial charge >= 0.3 is 0 Å². The number of anilines is 1. The van der Waals surface area contributed by atoms with Crippen LogP contribution in [0.15, 0.2) is 67.4 Å². The van der Waals surface area contributed by atoms with Crippen LogP contribution in [0.4, 0.5) is 5.69 Å². The molecule has 0 unspecified atom stereocenters. The molecule has 1 fully saturated rings. The van der Waals surface area contributed by atoms with E-state index in [2.05, 4.69) is 42.3 Å². The monoisotopic (exact) mass is 714 g/mol. The molecule has 1 aliphatic rings. The van der Waals surface area contributed by atoms with Crippen molar-refractivity contribution < 1.29 is 14.3 Å². The normalized spacial score (nSPS) is 13.9. The van der Waals surface area contributed by atoms with Gasteiger partial charge in [0.25, 0.3) is 11.5 Å². The number of nitrogens with zero attached hydrogens (tertiary/aromatic N) is 3. The molecule has 11 heteroatoms. The van der Waals surface area contributed by atoms with E-state index in [4.69, 9.17) is 26.1 Å². The van der Waals surface area contributed by atoms with Gasteiger partial charge < -0.3 is 14.8 Å². The molecule has 1 amide bonds. The summed E-state index contributed by atoms with van der Waals surface area (Å²) in [7, 11) is 1.48. The summed E-state index contributed by atoms with van der Waals surface area (Å²) < 4.78 is 14.0. The second kappa shape index (κ2) is 13.4. The molecule has 0 aliphatic heterocycles. The van der Waals surface area contributed by atoms with Crippen LogP contribution >= 0.6 is 43.5 Å². The zero-order chi connectivity index (χ0) is 29.8. The molecule has 3 aromatic carbocycles. The summed E-state index contributed by atoms with van der Waals surface area (Å²) in [5, 5.41) is 8.09. The summed E-state index contributed by atoms with van der Waals surface area (Å²) in [4.78, 5) is 31.1. The Labute approximate surface area is 265 Å². The fourth-order valence-electron chi connectivity index (χ4n) is 4.98. The highest BCUT2D eigenvalue weighted by atomic mass is 79.9. The summed E-state index contributed by atoms with van der Waals surface area (Å²) in [6.45, 7) is 1.70. The van der Waals surface area contributed by atoms with E-state index in [0.717, 1.165) is 35.7 Å². The lowest BCUT2D eigenvalue weighted by molar-refractivity contribution is -0.118. The number of nitrogens with one attached hydrogen (secondary N) is 1. The van der Waals surface area contributed by atoms with E-state index in [0.29, 0.717) is 38.2 Å². The molecule has 42 heavy (non-hydrogen) atoms. The Morgan fingerprint density at radius 3 is 2.60 bits per heavy atom. The molecule has 1 saturated carbocycles. The van der Waals surface area contributed by atoms with Crippen LogP contribution in [0.2, 0.25) is 5.02 Å². The topological polar surface area (TPSA) is 94.8 Å². The number of benzene rings is 3. The standard InChI is InChI=1S/C31H29Br2ClN4O4/c1-18-8-11-22(12-9-18)36-26(39)17-42-29-25(41-2)14-20(27(33)28(29)34)16-35-38-30(19-6-4-3-5-7-19)37-24-13-10-21(32)15-23(24)31(38)40/h8-16,19H,3-7,17H2,1-2H3,(H,36,39). The smallest absolute Gasteiger partial charge is 0.282 e. The number of aromatic nitrogens is 2. The van der Waals surface area contributed by atoms with E-state index in [-0.39, 0.29) is 34.8 Å². The molecular weight excluding hydrogens is 688 g/mol. The van der Waals surface area contributed by atoms with Crippen LogP contribution in [0.1, 0.15) is 55.0 Å². The van der Waals surface area contributed by atoms with Gasteiger partial charge in [0, 0.05) is 26.1 Å². The maximum Gasteiger partial charge on any atom is 0.282 e. The molecule has 0 bridgehead atoms. The van der Waals surface area contributed by atoms with E-state index in [1.807, 2.05) is 43.3 Å². The number of fused-ring (bicyclic) bond motifs is 1. The van der Waals surface area contributed by atoms with Crippen molar-refractivity contribution in [3.63, 3.8) is 0 Å². The fourth-order valence-corrected chi connectivity index (χ4v) is 5.99. The van der Waals surface area contributed by atoms with E-state index in [9.17, 15) is 9.59 Å². The van der Waals surface area contributed by atoms with Gasteiger partial charge in [0.2, 0.25) is 0 Å². The molecule has 8 nitrogen and oxygen atoms in total. The van der Waals surface area contributed by atoms with Crippen LogP contribution in [-0.4, -0.2) is 35.5 Å². The minimum Gasteiger partial charge on any atom is -0.493 e. The van der Waals surface area contributed by atoms with Crippen LogP contribution in [0, 0.1) is 6.92 Å². The van der Waals surface area contributed by atoms with Crippen molar-refractivity contribution >= 4 is 72.2 Å². The Morgan fingerprint density at radius 1 is 1.14 bits per heavy atom. The lowest BCUT2D eigenvalue weighted by Crippen LogP contribution is -2.25. The van der Waals surface area contributed by atoms with Crippen molar-refractivity contribution in [2.45, 2.75) is 44.9 Å². The molecule has 1 N–H and O–H groups in total. The van der Waals surface area contributed by atoms with Gasteiger partial charge in [-0.3, -0.25) is 9.59 Å². The lowest BCUT2D eigenvalue weighted by Gasteiger charge is -2.22. The molecule has 1 aliphatic carbocycles. The van der Waals surface area contributed by atoms with E-state index in [1.54, 1.807) is 18.3 Å². The molecule has 5 rings (SSSR count). The van der Waals surface area contributed by atoms with E-state index in [1.165, 1.54) is 18.2 Å². The minimum absolute atomic E-state index is 0.139. The first-order valence-corrected chi connectivity index (χ1v) is 15.5. The van der Waals surface area contributed by atoms with Crippen LogP contribution < -0.4 is 20.3 Å². The Morgan fingerprint density at radius 2 is 1.88 bits per heavy atom. The molecule has 0 radical (unpaired) electrons. The largest absolute Gasteiger partial charge is 0.493 e. The van der Waals surface area contributed by atoms with E-state index >= 15 is 0 Å². The van der Waals surface area contributed by atoms with Crippen LogP contribution in [0.5, 0.6) is 11.5 Å². The first-order valence-electron chi connectivity index (χ1n) is 13.6. The van der Waals surface area contributed by atoms with Crippen LogP contribution in [-0.2, 0) is 4.79 Å². The Kier molecular flexibility index (Phi) is 9.65. The zero-order valence-electron chi connectivity index (χ0n) is 23.1. The zero-order valence-corrected chi connectivity index (χ0v) is 27.1. The third-order valence-electron chi connectivity index (χ3n) is 7.17. The third-order valence-corrected chi connectivity index (χ3v) is 9.11. The summed E-state index contributed by atoms with van der Waals surface area (Å²) in [6.07, 6.45) is 6.81. The van der Waals surface area contributed by atoms with E-state index < -0.39 is 0 Å². The van der Waals surface area contributed by atoms with Crippen molar-refractivity contribution in [2.75, 3.05) is 19.0 Å². The highest BCUT2D eigenvalue weighted by molar-refractivity contribution is 9.10. The summed E-state index contributed by atoms with van der Waals surface area (Å²) in [5.74, 6) is 0.969. The highest BCUT2D eigenvalue weighted by Gasteiger charge is 2.23. The predicted octanol–water partition coefficient (Wildman–Crippen LogP) is 7.84. The van der Waals surface area contributed by atoms with Gasteiger partial charge in [0.15, 0.2) is 18.1 Å². The maximum atomic E-state index is 13.7. The van der Waals surface area contributed by atoms with Crippen molar-refractivity contribution in [3.05, 3.63) is 89.8 Å². The third kappa shape index (κ3) is 6.71. The average molecular weight is 717 g/mol. The Bertz CT molecular complexity index is 1720. The number of methoxy groups -OCH3 is 1. The number of carbonyl (C=O) groups is 1. The lowest BCUT2D eigenvalue weighted by atomic mass is 9.88. The van der Waals surface area contributed by atoms with Gasteiger partial charge in [-0.05, 0) is 72.1 Å². The van der Waals surface area contributed by atoms with Gasteiger partial charge in [-0.15, -0.1) is 0 Å². The van der Waals surface area contributed by atoms with Crippen molar-refractivity contribution in [1.29, 1.82) is 0 Å². The van der Waals surface area contributed by atoms with Crippen molar-refractivity contribution in [3.8, 4) is 11.5 Å². The molecule has 0 atom stereocenters. The van der Waals surface area contributed by atoms with Gasteiger partial charge in [-0.1, -0.05) is 64.5 Å². The van der Waals surface area contributed by atoms with Crippen molar-refractivity contribution in [2.24, 2.45) is 5.10 Å². The molecule has 1 heterocycles.